The lowest BCUT2D eigenvalue weighted by Crippen LogP contribution is -2.46. The van der Waals surface area contributed by atoms with E-state index in [1.54, 1.807) is 72.8 Å². The van der Waals surface area contributed by atoms with Crippen molar-refractivity contribution in [3.63, 3.8) is 0 Å². The summed E-state index contributed by atoms with van der Waals surface area (Å²) in [6.07, 6.45) is -5.14. The summed E-state index contributed by atoms with van der Waals surface area (Å²) < 4.78 is 0. The highest BCUT2D eigenvalue weighted by molar-refractivity contribution is 5.99. The molecule has 6 aromatic carbocycles. The smallest absolute Gasteiger partial charge is 0.335 e. The van der Waals surface area contributed by atoms with Crippen molar-refractivity contribution in [2.45, 2.75) is 75.0 Å². The topological polar surface area (TPSA) is 402 Å². The fourth-order valence-corrected chi connectivity index (χ4v) is 10.9. The molecule has 3 heterocycles. The van der Waals surface area contributed by atoms with Crippen LogP contribution in [-0.2, 0) is 41.6 Å². The lowest BCUT2D eigenvalue weighted by Gasteiger charge is -2.26. The highest BCUT2D eigenvalue weighted by Crippen LogP contribution is 2.38. The summed E-state index contributed by atoms with van der Waals surface area (Å²) in [5.74, 6) is -11.1. The van der Waals surface area contributed by atoms with Crippen molar-refractivity contribution in [2.24, 2.45) is 0 Å². The lowest BCUT2D eigenvalue weighted by molar-refractivity contribution is -0.573. The van der Waals surface area contributed by atoms with Gasteiger partial charge in [0, 0.05) is 106 Å². The summed E-state index contributed by atoms with van der Waals surface area (Å²) in [6, 6.07) is 32.3. The van der Waals surface area contributed by atoms with Gasteiger partial charge < -0.3 is 61.5 Å². The molecule has 9 aromatic rings. The van der Waals surface area contributed by atoms with Crippen molar-refractivity contribution >= 4 is 86.2 Å². The van der Waals surface area contributed by atoms with Crippen LogP contribution in [0.1, 0.15) is 92.3 Å². The maximum absolute atomic E-state index is 14.2. The number of hydrogen-bond donors (Lipinski definition) is 12. The Kier molecular flexibility index (Phi) is 17.7. The zero-order chi connectivity index (χ0) is 62.3. The zero-order valence-electron chi connectivity index (χ0n) is 45.9. The number of H-pyrrole nitrogens is 3. The van der Waals surface area contributed by atoms with Crippen LogP contribution in [-0.4, -0.2) is 122 Å². The number of hydrogen-bond acceptors (Lipinski definition) is 11. The second-order valence-corrected chi connectivity index (χ2v) is 20.8. The molecule has 12 N–H and O–H groups in total. The highest BCUT2D eigenvalue weighted by Gasteiger charge is 2.44. The molecule has 3 atom stereocenters. The molecular weight excluding hydrogens is 1130 g/mol. The van der Waals surface area contributed by atoms with Crippen LogP contribution >= 0.6 is 0 Å². The maximum atomic E-state index is 14.2. The molecule has 9 rings (SSSR count). The van der Waals surface area contributed by atoms with Gasteiger partial charge in [-0.05, 0) is 82.4 Å². The van der Waals surface area contributed by atoms with E-state index in [2.05, 4.69) is 30.9 Å². The standard InChI is InChI=1S/C63H55N7O17/c71-49(64-47(60(80)81)31-42-39-7-1-4-10-44(39)66-53(42)33-13-19-36(20-14-33)57(74)75)25-28-63(70(86)87,30-27-51(73)69-56(62(84)85)52-41-9-3-6-12-46(41)68-55(52)35-17-23-38(24-18-35)59(78)79)29-26-50(72)65-48(61(82)83)32-43-40-8-2-5-11-45(40)67-54(43)34-15-21-37(22-16-34)58(76)77/h1-24,47-48,56,66-68H,25-32H2,(H,64,71)(H,65,72)(H,69,73)(H,74,75)(H,76,77)(H,78,79)(H,80,81)(H,82,83)(H,84,85). The van der Waals surface area contributed by atoms with Gasteiger partial charge in [0.05, 0.1) is 22.4 Å². The number of fused-ring (bicyclic) bond motifs is 3. The van der Waals surface area contributed by atoms with Gasteiger partial charge in [-0.1, -0.05) is 91.0 Å². The van der Waals surface area contributed by atoms with E-state index in [0.717, 1.165) is 0 Å². The van der Waals surface area contributed by atoms with Crippen LogP contribution in [0.5, 0.6) is 0 Å². The van der Waals surface area contributed by atoms with Gasteiger partial charge in [0.1, 0.15) is 12.1 Å². The minimum Gasteiger partial charge on any atom is -0.480 e. The Bertz CT molecular complexity index is 4010. The number of carbonyl (C=O) groups excluding carboxylic acids is 3. The van der Waals surface area contributed by atoms with Gasteiger partial charge in [-0.3, -0.25) is 24.5 Å². The number of aromatic carboxylic acids is 3. The number of nitrogens with zero attached hydrogens (tertiary/aromatic N) is 1. The van der Waals surface area contributed by atoms with E-state index < -0.39 is 121 Å². The fourth-order valence-electron chi connectivity index (χ4n) is 10.9. The molecule has 3 amide bonds. The number of aliphatic carboxylic acids is 3. The predicted octanol–water partition coefficient (Wildman–Crippen LogP) is 8.45. The van der Waals surface area contributed by atoms with Crippen molar-refractivity contribution < 1.29 is 78.7 Å². The Balaban J connectivity index is 0.983. The predicted molar refractivity (Wildman–Crippen MR) is 315 cm³/mol. The molecule has 0 aliphatic carbocycles. The van der Waals surface area contributed by atoms with Crippen molar-refractivity contribution in [3.05, 3.63) is 189 Å². The minimum atomic E-state index is -2.38. The maximum Gasteiger partial charge on any atom is 0.335 e. The van der Waals surface area contributed by atoms with Crippen LogP contribution in [0.15, 0.2) is 146 Å². The van der Waals surface area contributed by atoms with Gasteiger partial charge in [-0.2, -0.15) is 0 Å². The molecule has 3 unspecified atom stereocenters. The first-order valence-corrected chi connectivity index (χ1v) is 27.1. The third-order valence-corrected chi connectivity index (χ3v) is 15.4. The molecule has 444 valence electrons. The average molecular weight is 1180 g/mol. The van der Waals surface area contributed by atoms with E-state index in [4.69, 9.17) is 0 Å². The Morgan fingerprint density at radius 2 is 0.747 bits per heavy atom. The number of carboxylic acid groups (broad SMARTS) is 6. The molecule has 0 radical (unpaired) electrons. The Morgan fingerprint density at radius 3 is 1.09 bits per heavy atom. The number of amides is 3. The lowest BCUT2D eigenvalue weighted by atomic mass is 9.83. The van der Waals surface area contributed by atoms with E-state index in [-0.39, 0.29) is 40.8 Å². The second-order valence-electron chi connectivity index (χ2n) is 20.8. The van der Waals surface area contributed by atoms with Crippen LogP contribution in [0.4, 0.5) is 0 Å². The van der Waals surface area contributed by atoms with Crippen LogP contribution in [0.3, 0.4) is 0 Å². The van der Waals surface area contributed by atoms with Crippen LogP contribution < -0.4 is 16.0 Å². The third-order valence-electron chi connectivity index (χ3n) is 15.4. The molecule has 0 bridgehead atoms. The molecule has 0 fully saturated rings. The van der Waals surface area contributed by atoms with Gasteiger partial charge >= 0.3 is 35.8 Å². The van der Waals surface area contributed by atoms with Crippen LogP contribution in [0.2, 0.25) is 0 Å². The number of aromatic nitrogens is 3. The van der Waals surface area contributed by atoms with Crippen molar-refractivity contribution in [2.75, 3.05) is 0 Å². The summed E-state index contributed by atoms with van der Waals surface area (Å²) in [5.41, 5.74) is 2.55. The molecular formula is C63H55N7O17. The van der Waals surface area contributed by atoms with Gasteiger partial charge in [0.25, 0.3) is 0 Å². The summed E-state index contributed by atoms with van der Waals surface area (Å²) in [6.45, 7) is 0. The number of rotatable bonds is 27. The highest BCUT2D eigenvalue weighted by atomic mass is 16.6. The van der Waals surface area contributed by atoms with E-state index in [9.17, 15) is 83.9 Å². The largest absolute Gasteiger partial charge is 0.480 e. The zero-order valence-corrected chi connectivity index (χ0v) is 45.9. The SMILES string of the molecule is O=C(CCC(CCC(=O)NC(Cc1c(-c2ccc(C(=O)O)cc2)[nH]c2ccccc12)C(=O)O)(CCC(=O)NC(C(=O)O)c1c(-c2ccc(C(=O)O)cc2)[nH]c2ccccc12)[N+](=O)[O-])NC(Cc1c(-c2ccc(C(=O)O)cc2)[nH]c2ccccc12)C(=O)O. The molecule has 24 nitrogen and oxygen atoms in total. The molecule has 24 heteroatoms. The van der Waals surface area contributed by atoms with Gasteiger partial charge in [0.15, 0.2) is 6.04 Å². The summed E-state index contributed by atoms with van der Waals surface area (Å²) in [5, 5.41) is 82.8. The molecule has 0 saturated heterocycles. The number of para-hydroxylation sites is 3. The van der Waals surface area contributed by atoms with E-state index in [0.29, 0.717) is 71.9 Å². The van der Waals surface area contributed by atoms with Crippen molar-refractivity contribution in [1.82, 2.24) is 30.9 Å². The fraction of sp³-hybridized carbons (Fsp3) is 0.190. The second kappa shape index (κ2) is 25.6. The molecule has 0 spiro atoms. The summed E-state index contributed by atoms with van der Waals surface area (Å²) in [7, 11) is 0. The summed E-state index contributed by atoms with van der Waals surface area (Å²) >= 11 is 0. The average Bonchev–Trinajstić information content (AvgIpc) is 1.98. The molecule has 0 aliphatic rings. The molecule has 0 aliphatic heterocycles. The van der Waals surface area contributed by atoms with E-state index >= 15 is 0 Å². The van der Waals surface area contributed by atoms with Gasteiger partial charge in [-0.25, -0.2) is 28.8 Å². The van der Waals surface area contributed by atoms with Gasteiger partial charge in [-0.15, -0.1) is 0 Å². The minimum absolute atomic E-state index is 0.00330. The number of carboxylic acids is 6. The summed E-state index contributed by atoms with van der Waals surface area (Å²) in [4.78, 5) is 139. The van der Waals surface area contributed by atoms with Crippen LogP contribution in [0, 0.1) is 10.1 Å². The monoisotopic (exact) mass is 1180 g/mol. The first kappa shape index (κ1) is 60.2. The third kappa shape index (κ3) is 13.3. The first-order valence-electron chi connectivity index (χ1n) is 27.1. The number of carbonyl (C=O) groups is 9. The quantitative estimate of drug-likeness (QED) is 0.0170. The molecule has 0 saturated carbocycles. The van der Waals surface area contributed by atoms with E-state index in [1.165, 1.54) is 72.8 Å². The Labute approximate surface area is 492 Å². The van der Waals surface area contributed by atoms with Crippen LogP contribution in [0.25, 0.3) is 66.5 Å². The van der Waals surface area contributed by atoms with Gasteiger partial charge in [0.2, 0.25) is 23.3 Å². The molecule has 3 aromatic heterocycles. The number of benzene rings is 6. The Morgan fingerprint density at radius 1 is 0.425 bits per heavy atom. The molecule has 87 heavy (non-hydrogen) atoms. The number of nitro groups is 1. The van der Waals surface area contributed by atoms with Crippen molar-refractivity contribution in [1.29, 1.82) is 0 Å². The van der Waals surface area contributed by atoms with Crippen molar-refractivity contribution in [3.8, 4) is 33.8 Å². The number of nitrogens with one attached hydrogen (secondary N) is 6. The normalized spacial score (nSPS) is 13.0. The first-order chi connectivity index (χ1) is 41.6. The Hall–Kier alpha value is -11.4. The number of aromatic amines is 3. The van der Waals surface area contributed by atoms with E-state index in [1.807, 2.05) is 0 Å².